The molecule has 4 rings (SSSR count). The summed E-state index contributed by atoms with van der Waals surface area (Å²) in [5.74, 6) is -2.57. The number of hydrogen-bond acceptors (Lipinski definition) is 23. The molecule has 2 aliphatic rings. The molecule has 25 heteroatoms. The molecule has 25 nitrogen and oxygen atoms in total. The Balaban J connectivity index is 1.38. The number of nitrogens with zero attached hydrogens (tertiary/aromatic N) is 2. The molecule has 0 amide bonds. The van der Waals surface area contributed by atoms with Crippen molar-refractivity contribution in [1.29, 1.82) is 0 Å². The molecule has 0 aliphatic carbocycles. The predicted molar refractivity (Wildman–Crippen MR) is 174 cm³/mol. The predicted octanol–water partition coefficient (Wildman–Crippen LogP) is -4.65. The van der Waals surface area contributed by atoms with Gasteiger partial charge in [-0.3, -0.25) is 25.0 Å². The summed E-state index contributed by atoms with van der Waals surface area (Å²) >= 11 is 0. The van der Waals surface area contributed by atoms with Crippen LogP contribution >= 0.6 is 0 Å². The van der Waals surface area contributed by atoms with Crippen molar-refractivity contribution in [2.45, 2.75) is 85.8 Å². The van der Waals surface area contributed by atoms with Gasteiger partial charge < -0.3 is 84.6 Å². The van der Waals surface area contributed by atoms with Gasteiger partial charge in [-0.1, -0.05) is 0 Å². The molecular weight excluding hydrogens is 768 g/mol. The van der Waals surface area contributed by atoms with Crippen molar-refractivity contribution in [3.8, 4) is 11.5 Å². The van der Waals surface area contributed by atoms with Crippen molar-refractivity contribution in [3.63, 3.8) is 0 Å². The second-order valence-electron chi connectivity index (χ2n) is 12.4. The molecule has 11 N–H and O–H groups in total. The number of rotatable bonds is 16. The number of carbonyl (C=O) groups is 2. The molecule has 0 unspecified atom stereocenters. The van der Waals surface area contributed by atoms with Crippen LogP contribution in [0.5, 0.6) is 11.5 Å². The second kappa shape index (κ2) is 19.1. The molecule has 0 saturated carbocycles. The van der Waals surface area contributed by atoms with E-state index in [4.69, 9.17) is 28.4 Å². The highest BCUT2D eigenvalue weighted by Gasteiger charge is 2.48. The summed E-state index contributed by atoms with van der Waals surface area (Å²) in [5.41, 5.74) is -1.98. The third-order valence-electron chi connectivity index (χ3n) is 8.59. The maximum Gasteiger partial charge on any atom is 0.519 e. The van der Waals surface area contributed by atoms with E-state index in [0.29, 0.717) is 6.07 Å². The van der Waals surface area contributed by atoms with E-state index in [2.05, 4.69) is 0 Å². The zero-order valence-electron chi connectivity index (χ0n) is 28.5. The molecule has 0 spiro atoms. The maximum atomic E-state index is 13.2. The molecule has 2 aromatic rings. The SMILES string of the molecule is O=C(Oc1ccc([N+](=O)[O-])cc1)Oc1ccc([N+](=O)[O-])cc1C(=O)[C@H](O)[C@@H](O)[C@H](O)[C@H](O)CO[C@H]1O[C@H](CO[C@H]2O[C@H](CO)[C@@H](O)[C@H](O)[C@H]2O)[C@@H](O)[C@H](O)[C@H]1O. The van der Waals surface area contributed by atoms with Gasteiger partial charge in [0.2, 0.25) is 0 Å². The minimum absolute atomic E-state index is 0.251. The van der Waals surface area contributed by atoms with Gasteiger partial charge in [0.1, 0.15) is 84.7 Å². The van der Waals surface area contributed by atoms with E-state index < -0.39 is 144 Å². The lowest BCUT2D eigenvalue weighted by Gasteiger charge is -2.42. The molecule has 2 aliphatic heterocycles. The van der Waals surface area contributed by atoms with Crippen LogP contribution in [0.4, 0.5) is 16.2 Å². The summed E-state index contributed by atoms with van der Waals surface area (Å²) in [6.45, 7) is -2.58. The van der Waals surface area contributed by atoms with Gasteiger partial charge in [-0.15, -0.1) is 0 Å². The van der Waals surface area contributed by atoms with E-state index in [9.17, 15) is 86.0 Å². The number of Topliss-reactive ketones (excluding diaryl/α,β-unsaturated/α-hetero) is 1. The largest absolute Gasteiger partial charge is 0.519 e. The Morgan fingerprint density at radius 3 is 1.80 bits per heavy atom. The molecule has 0 bridgehead atoms. The second-order valence-corrected chi connectivity index (χ2v) is 12.4. The van der Waals surface area contributed by atoms with Crippen LogP contribution in [0.25, 0.3) is 0 Å². The number of benzene rings is 2. The number of nitro benzene ring substituents is 2. The average molecular weight is 807 g/mol. The van der Waals surface area contributed by atoms with E-state index in [1.807, 2.05) is 0 Å². The Bertz CT molecular complexity index is 1680. The van der Waals surface area contributed by atoms with Crippen LogP contribution in [0.15, 0.2) is 42.5 Å². The van der Waals surface area contributed by atoms with Crippen molar-refractivity contribution in [2.24, 2.45) is 0 Å². The van der Waals surface area contributed by atoms with Gasteiger partial charge in [-0.05, 0) is 18.2 Å². The minimum atomic E-state index is -2.67. The lowest BCUT2D eigenvalue weighted by atomic mass is 9.95. The van der Waals surface area contributed by atoms with Crippen LogP contribution in [0.2, 0.25) is 0 Å². The Morgan fingerprint density at radius 2 is 1.23 bits per heavy atom. The number of aliphatic hydroxyl groups is 11. The first-order valence-corrected chi connectivity index (χ1v) is 16.3. The summed E-state index contributed by atoms with van der Waals surface area (Å²) < 4.78 is 30.9. The molecule has 310 valence electrons. The van der Waals surface area contributed by atoms with Gasteiger partial charge in [0.25, 0.3) is 11.4 Å². The highest BCUT2D eigenvalue weighted by atomic mass is 16.7. The first kappa shape index (κ1) is 44.3. The molecule has 2 heterocycles. The van der Waals surface area contributed by atoms with Crippen molar-refractivity contribution in [3.05, 3.63) is 68.3 Å². The number of hydrogen-bond donors (Lipinski definition) is 11. The van der Waals surface area contributed by atoms with Crippen LogP contribution < -0.4 is 9.47 Å². The molecule has 0 radical (unpaired) electrons. The summed E-state index contributed by atoms with van der Waals surface area (Å²) in [6, 6.07) is 6.17. The van der Waals surface area contributed by atoms with Crippen LogP contribution in [0, 0.1) is 20.2 Å². The molecule has 2 saturated heterocycles. The fourth-order valence-electron chi connectivity index (χ4n) is 5.36. The molecule has 2 aromatic carbocycles. The van der Waals surface area contributed by atoms with Crippen molar-refractivity contribution in [2.75, 3.05) is 19.8 Å². The van der Waals surface area contributed by atoms with Gasteiger partial charge >= 0.3 is 6.16 Å². The highest BCUT2D eigenvalue weighted by Crippen LogP contribution is 2.29. The normalized spacial score (nSPS) is 30.1. The summed E-state index contributed by atoms with van der Waals surface area (Å²) in [7, 11) is 0. The zero-order valence-corrected chi connectivity index (χ0v) is 28.5. The van der Waals surface area contributed by atoms with Gasteiger partial charge in [0.05, 0.1) is 35.2 Å². The standard InChI is InChI=1S/C31H38N2O23/c34-8-17-21(38)25(42)27(44)30(54-17)52-10-18-22(39)26(43)28(45)29(55-18)51-9-15(35)20(37)24(41)23(40)19(36)14-7-12(33(49)50)3-6-16(14)56-31(46)53-13-4-1-11(2-5-13)32(47)48/h1-7,15,17-18,20-30,34-35,37-45H,8-10H2/t15-,17-,18-,20-,21-,22-,23+,24+,25+,26+,27-,28-,29+,30+/m1/s1. The quantitative estimate of drug-likeness (QED) is 0.0250. The molecule has 14 atom stereocenters. The number of non-ortho nitro benzene ring substituents is 2. The Kier molecular flexibility index (Phi) is 15.1. The molecular formula is C31H38N2O23. The maximum absolute atomic E-state index is 13.2. The van der Waals surface area contributed by atoms with Gasteiger partial charge in [0, 0.05) is 24.3 Å². The van der Waals surface area contributed by atoms with E-state index in [0.717, 1.165) is 36.4 Å². The van der Waals surface area contributed by atoms with Gasteiger partial charge in [-0.25, -0.2) is 4.79 Å². The number of ketones is 1. The van der Waals surface area contributed by atoms with Gasteiger partial charge in [-0.2, -0.15) is 0 Å². The van der Waals surface area contributed by atoms with E-state index in [1.54, 1.807) is 0 Å². The molecule has 0 aromatic heterocycles. The summed E-state index contributed by atoms with van der Waals surface area (Å²) in [6.07, 6.45) is -29.2. The first-order chi connectivity index (χ1) is 26.4. The molecule has 2 fully saturated rings. The number of carbonyl (C=O) groups excluding carboxylic acids is 2. The Hall–Kier alpha value is -4.42. The lowest BCUT2D eigenvalue weighted by Crippen LogP contribution is -2.62. The Morgan fingerprint density at radius 1 is 0.696 bits per heavy atom. The van der Waals surface area contributed by atoms with E-state index in [1.165, 1.54) is 0 Å². The highest BCUT2D eigenvalue weighted by molar-refractivity contribution is 6.03. The fourth-order valence-corrected chi connectivity index (χ4v) is 5.36. The Labute approximate surface area is 312 Å². The van der Waals surface area contributed by atoms with E-state index >= 15 is 0 Å². The summed E-state index contributed by atoms with van der Waals surface area (Å²) in [5, 5.41) is 135. The van der Waals surface area contributed by atoms with Crippen LogP contribution in [-0.4, -0.2) is 184 Å². The van der Waals surface area contributed by atoms with Gasteiger partial charge in [0.15, 0.2) is 18.4 Å². The smallest absolute Gasteiger partial charge is 0.395 e. The number of aliphatic hydroxyl groups excluding tert-OH is 11. The van der Waals surface area contributed by atoms with Crippen LogP contribution in [0.1, 0.15) is 10.4 Å². The van der Waals surface area contributed by atoms with Crippen LogP contribution in [0.3, 0.4) is 0 Å². The average Bonchev–Trinajstić information content (AvgIpc) is 3.17. The van der Waals surface area contributed by atoms with Crippen molar-refractivity contribution < 1.29 is 104 Å². The zero-order chi connectivity index (χ0) is 41.6. The minimum Gasteiger partial charge on any atom is -0.395 e. The lowest BCUT2D eigenvalue weighted by molar-refractivity contribution is -0.385. The number of nitro groups is 2. The topological polar surface area (TPSA) is 398 Å². The number of ether oxygens (including phenoxy) is 6. The monoisotopic (exact) mass is 806 g/mol. The third kappa shape index (κ3) is 10.3. The summed E-state index contributed by atoms with van der Waals surface area (Å²) in [4.78, 5) is 46.2. The van der Waals surface area contributed by atoms with Crippen molar-refractivity contribution in [1.82, 2.24) is 0 Å². The van der Waals surface area contributed by atoms with Crippen molar-refractivity contribution >= 4 is 23.3 Å². The fraction of sp³-hybridized carbons (Fsp3) is 0.548. The van der Waals surface area contributed by atoms with Crippen LogP contribution in [-0.2, 0) is 18.9 Å². The molecule has 56 heavy (non-hydrogen) atoms. The first-order valence-electron chi connectivity index (χ1n) is 16.3. The third-order valence-corrected chi connectivity index (χ3v) is 8.59. The van der Waals surface area contributed by atoms with E-state index in [-0.39, 0.29) is 11.4 Å².